The van der Waals surface area contributed by atoms with E-state index in [1.807, 2.05) is 30.3 Å². The first-order valence-electron chi connectivity index (χ1n) is 5.85. The highest BCUT2D eigenvalue weighted by atomic mass is 79.9. The molecule has 0 bridgehead atoms. The molecule has 96 valence electrons. The Morgan fingerprint density at radius 3 is 2.32 bits per heavy atom. The quantitative estimate of drug-likeness (QED) is 0.710. The van der Waals surface area contributed by atoms with Crippen LogP contribution >= 0.6 is 31.9 Å². The van der Waals surface area contributed by atoms with Crippen LogP contribution in [0, 0.1) is 0 Å². The van der Waals surface area contributed by atoms with Gasteiger partial charge in [-0.1, -0.05) is 68.3 Å². The lowest BCUT2D eigenvalue weighted by Crippen LogP contribution is -2.12. The van der Waals surface area contributed by atoms with Crippen molar-refractivity contribution in [1.82, 2.24) is 0 Å². The van der Waals surface area contributed by atoms with Gasteiger partial charge in [-0.3, -0.25) is 0 Å². The molecule has 2 nitrogen and oxygen atoms in total. The highest BCUT2D eigenvalue weighted by Crippen LogP contribution is 2.53. The Balaban J connectivity index is 2.38. The van der Waals surface area contributed by atoms with Crippen LogP contribution in [0.4, 0.5) is 0 Å². The monoisotopic (exact) mass is 380 g/mol. The number of halogens is 2. The van der Waals surface area contributed by atoms with Gasteiger partial charge in [0.15, 0.2) is 0 Å². The summed E-state index contributed by atoms with van der Waals surface area (Å²) in [5.41, 5.74) is 4.30. The van der Waals surface area contributed by atoms with E-state index in [1.54, 1.807) is 12.1 Å². The van der Waals surface area contributed by atoms with Gasteiger partial charge in [0.25, 0.3) is 0 Å². The number of hydrogen-bond donors (Lipinski definition) is 1. The summed E-state index contributed by atoms with van der Waals surface area (Å²) in [7, 11) is 0. The molecular weight excluding hydrogens is 372 g/mol. The molecule has 0 spiro atoms. The second kappa shape index (κ2) is 4.76. The van der Waals surface area contributed by atoms with Crippen molar-refractivity contribution < 1.29 is 9.90 Å². The average molecular weight is 382 g/mol. The summed E-state index contributed by atoms with van der Waals surface area (Å²) in [5, 5.41) is 9.39. The molecule has 0 heterocycles. The van der Waals surface area contributed by atoms with E-state index in [9.17, 15) is 9.90 Å². The van der Waals surface area contributed by atoms with E-state index >= 15 is 0 Å². The maximum absolute atomic E-state index is 11.4. The topological polar surface area (TPSA) is 37.3 Å². The highest BCUT2D eigenvalue weighted by Gasteiger charge is 2.32. The number of aromatic carboxylic acids is 1. The van der Waals surface area contributed by atoms with Crippen LogP contribution in [0.1, 0.15) is 31.1 Å². The van der Waals surface area contributed by atoms with Crippen molar-refractivity contribution in [1.29, 1.82) is 0 Å². The smallest absolute Gasteiger partial charge is 0.336 e. The minimum absolute atomic E-state index is 0.0664. The van der Waals surface area contributed by atoms with Crippen LogP contribution in [-0.4, -0.2) is 11.1 Å². The minimum atomic E-state index is -0.889. The van der Waals surface area contributed by atoms with E-state index in [2.05, 4.69) is 31.9 Å². The molecule has 3 rings (SSSR count). The lowest BCUT2D eigenvalue weighted by molar-refractivity contribution is 0.0697. The third-order valence-corrected chi connectivity index (χ3v) is 6.16. The van der Waals surface area contributed by atoms with Crippen molar-refractivity contribution in [3.05, 3.63) is 59.2 Å². The summed E-state index contributed by atoms with van der Waals surface area (Å²) in [4.78, 5) is 11.6. The number of carboxylic acids is 1. The van der Waals surface area contributed by atoms with Crippen LogP contribution in [0.5, 0.6) is 0 Å². The molecule has 0 fully saturated rings. The fourth-order valence-electron chi connectivity index (χ4n) is 2.56. The summed E-state index contributed by atoms with van der Waals surface area (Å²) in [5.74, 6) is -0.889. The number of carbonyl (C=O) groups is 1. The Kier molecular flexibility index (Phi) is 3.23. The van der Waals surface area contributed by atoms with Gasteiger partial charge in [-0.15, -0.1) is 0 Å². The normalized spacial score (nSPS) is 20.5. The van der Waals surface area contributed by atoms with Crippen molar-refractivity contribution in [2.75, 3.05) is 0 Å². The number of benzene rings is 2. The first-order valence-corrected chi connectivity index (χ1v) is 7.68. The summed E-state index contributed by atoms with van der Waals surface area (Å²) in [6.45, 7) is 0. The van der Waals surface area contributed by atoms with Crippen molar-refractivity contribution in [3.8, 4) is 11.1 Å². The second-order valence-electron chi connectivity index (χ2n) is 4.47. The molecule has 1 N–H and O–H groups in total. The molecule has 0 radical (unpaired) electrons. The standard InChI is InChI=1S/C15H10Br2O2/c16-13-9-5-2-1-4-8(9)12-10(14(13)17)6-3-7-11(12)15(18)19/h1-7,13-14H,(H,18,19)/t13-,14+/m1/s1. The van der Waals surface area contributed by atoms with E-state index in [1.165, 1.54) is 0 Å². The zero-order valence-corrected chi connectivity index (χ0v) is 13.0. The van der Waals surface area contributed by atoms with Gasteiger partial charge in [0, 0.05) is 5.56 Å². The van der Waals surface area contributed by atoms with Crippen molar-refractivity contribution in [2.24, 2.45) is 0 Å². The number of alkyl halides is 2. The number of carboxylic acid groups (broad SMARTS) is 1. The van der Waals surface area contributed by atoms with Gasteiger partial charge in [-0.05, 0) is 22.8 Å². The molecule has 4 heteroatoms. The molecule has 0 aromatic heterocycles. The van der Waals surface area contributed by atoms with Gasteiger partial charge >= 0.3 is 5.97 Å². The predicted molar refractivity (Wildman–Crippen MR) is 82.2 cm³/mol. The van der Waals surface area contributed by atoms with E-state index in [0.717, 1.165) is 22.3 Å². The first-order chi connectivity index (χ1) is 9.11. The molecule has 0 saturated heterocycles. The SMILES string of the molecule is O=C(O)c1cccc2c1-c1ccccc1[C@@H](Br)[C@H]2Br. The number of rotatable bonds is 1. The largest absolute Gasteiger partial charge is 0.478 e. The van der Waals surface area contributed by atoms with Crippen LogP contribution in [0.25, 0.3) is 11.1 Å². The zero-order valence-electron chi connectivity index (χ0n) is 9.81. The molecule has 0 amide bonds. The van der Waals surface area contributed by atoms with Crippen molar-refractivity contribution >= 4 is 37.8 Å². The lowest BCUT2D eigenvalue weighted by atomic mass is 9.83. The molecule has 1 aliphatic rings. The summed E-state index contributed by atoms with van der Waals surface area (Å²) in [6.07, 6.45) is 0. The third kappa shape index (κ3) is 1.94. The molecule has 0 saturated carbocycles. The van der Waals surface area contributed by atoms with Crippen LogP contribution in [0.15, 0.2) is 42.5 Å². The van der Waals surface area contributed by atoms with Crippen LogP contribution in [0.3, 0.4) is 0 Å². The molecule has 19 heavy (non-hydrogen) atoms. The maximum atomic E-state index is 11.4. The van der Waals surface area contributed by atoms with Crippen molar-refractivity contribution in [2.45, 2.75) is 9.65 Å². The van der Waals surface area contributed by atoms with Crippen LogP contribution < -0.4 is 0 Å². The summed E-state index contributed by atoms with van der Waals surface area (Å²) >= 11 is 7.36. The Bertz CT molecular complexity index is 667. The van der Waals surface area contributed by atoms with Gasteiger partial charge in [0.05, 0.1) is 15.2 Å². The maximum Gasteiger partial charge on any atom is 0.336 e. The number of hydrogen-bond acceptors (Lipinski definition) is 1. The van der Waals surface area contributed by atoms with E-state index in [-0.39, 0.29) is 9.65 Å². The van der Waals surface area contributed by atoms with Crippen molar-refractivity contribution in [3.63, 3.8) is 0 Å². The Hall–Kier alpha value is -1.13. The predicted octanol–water partition coefficient (Wildman–Crippen LogP) is 4.94. The summed E-state index contributed by atoms with van der Waals surface area (Å²) < 4.78 is 0. The molecular formula is C15H10Br2O2. The Morgan fingerprint density at radius 1 is 0.947 bits per heavy atom. The molecule has 2 aromatic rings. The molecule has 0 aliphatic heterocycles. The Morgan fingerprint density at radius 2 is 1.58 bits per heavy atom. The van der Waals surface area contributed by atoms with Gasteiger partial charge in [-0.2, -0.15) is 0 Å². The highest BCUT2D eigenvalue weighted by molar-refractivity contribution is 9.12. The summed E-state index contributed by atoms with van der Waals surface area (Å²) in [6, 6.07) is 13.4. The molecule has 2 aromatic carbocycles. The number of fused-ring (bicyclic) bond motifs is 3. The minimum Gasteiger partial charge on any atom is -0.478 e. The van der Waals surface area contributed by atoms with E-state index in [4.69, 9.17) is 0 Å². The van der Waals surface area contributed by atoms with Gasteiger partial charge in [0.2, 0.25) is 0 Å². The molecule has 0 unspecified atom stereocenters. The van der Waals surface area contributed by atoms with Gasteiger partial charge in [0.1, 0.15) is 0 Å². The molecule has 2 atom stereocenters. The average Bonchev–Trinajstić information content (AvgIpc) is 2.44. The zero-order chi connectivity index (χ0) is 13.6. The van der Waals surface area contributed by atoms with Gasteiger partial charge in [-0.25, -0.2) is 4.79 Å². The third-order valence-electron chi connectivity index (χ3n) is 3.41. The first kappa shape index (κ1) is 12.9. The van der Waals surface area contributed by atoms with E-state index in [0.29, 0.717) is 5.56 Å². The fraction of sp³-hybridized carbons (Fsp3) is 0.133. The Labute approximate surface area is 127 Å². The van der Waals surface area contributed by atoms with E-state index < -0.39 is 5.97 Å². The van der Waals surface area contributed by atoms with Crippen LogP contribution in [-0.2, 0) is 0 Å². The van der Waals surface area contributed by atoms with Crippen LogP contribution in [0.2, 0.25) is 0 Å². The lowest BCUT2D eigenvalue weighted by Gasteiger charge is -2.29. The second-order valence-corrected chi connectivity index (χ2v) is 6.44. The molecule has 1 aliphatic carbocycles. The fourth-order valence-corrected chi connectivity index (χ4v) is 3.91. The van der Waals surface area contributed by atoms with Gasteiger partial charge < -0.3 is 5.11 Å².